The van der Waals surface area contributed by atoms with Gasteiger partial charge in [-0.05, 0) is 6.42 Å². The molecule has 2 N–H and O–H groups in total. The Balaban J connectivity index is 2.97. The molecule has 0 atom stereocenters. The molecule has 0 aromatic rings. The Bertz CT molecular complexity index is 87.0. The van der Waals surface area contributed by atoms with E-state index >= 15 is 0 Å². The van der Waals surface area contributed by atoms with Gasteiger partial charge in [0.1, 0.15) is 0 Å². The molecule has 0 aromatic carbocycles. The van der Waals surface area contributed by atoms with Gasteiger partial charge in [0, 0.05) is 20.0 Å². The van der Waals surface area contributed by atoms with Crippen LogP contribution < -0.4 is 10.0 Å². The van der Waals surface area contributed by atoms with Gasteiger partial charge in [-0.1, -0.05) is 12.8 Å². The molecule has 0 aliphatic heterocycles. The summed E-state index contributed by atoms with van der Waals surface area (Å²) in [6.07, 6.45) is 1.41. The second-order valence-electron chi connectivity index (χ2n) is 1.68. The number of carbonyl (C=O) groups is 1. The molecule has 0 saturated carbocycles. The van der Waals surface area contributed by atoms with Gasteiger partial charge >= 0.3 is 0 Å². The Kier molecular flexibility index (Phi) is 5.76. The molecule has 0 aromatic heterocycles. The minimum absolute atomic E-state index is 0.0820. The molecule has 0 rings (SSSR count). The number of hydrogen-bond donors (Lipinski definition) is 3. The van der Waals surface area contributed by atoms with E-state index in [9.17, 15) is 4.79 Å². The molecular formula is C5H12N2OS. The normalized spacial score (nSPS) is 9.11. The Hall–Kier alpha value is -0.220. The molecule has 0 aliphatic rings. The summed E-state index contributed by atoms with van der Waals surface area (Å²) in [5.74, 6) is 0.0820. The van der Waals surface area contributed by atoms with Crippen LogP contribution in [0.4, 0.5) is 0 Å². The minimum Gasteiger partial charge on any atom is -0.359 e. The number of rotatable bonds is 4. The van der Waals surface area contributed by atoms with Crippen LogP contribution in [0.2, 0.25) is 0 Å². The third-order valence-corrected chi connectivity index (χ3v) is 1.19. The van der Waals surface area contributed by atoms with E-state index in [-0.39, 0.29) is 5.91 Å². The van der Waals surface area contributed by atoms with Crippen molar-refractivity contribution in [2.75, 3.05) is 13.6 Å². The number of hydrogen-bond acceptors (Lipinski definition) is 3. The first-order valence-corrected chi connectivity index (χ1v) is 3.33. The fraction of sp³-hybridized carbons (Fsp3) is 0.800. The number of nitrogens with one attached hydrogen (secondary N) is 2. The zero-order valence-corrected chi connectivity index (χ0v) is 6.37. The molecule has 1 amide bonds. The van der Waals surface area contributed by atoms with Crippen molar-refractivity contribution in [2.45, 2.75) is 12.8 Å². The smallest absolute Gasteiger partial charge is 0.219 e. The van der Waals surface area contributed by atoms with Gasteiger partial charge in [0.05, 0.1) is 0 Å². The predicted octanol–water partition coefficient (Wildman–Crippen LogP) is -0.0530. The maximum Gasteiger partial charge on any atom is 0.219 e. The van der Waals surface area contributed by atoms with Crippen LogP contribution in [-0.2, 0) is 4.79 Å². The van der Waals surface area contributed by atoms with Crippen molar-refractivity contribution >= 4 is 18.7 Å². The van der Waals surface area contributed by atoms with E-state index < -0.39 is 0 Å². The maximum absolute atomic E-state index is 10.5. The van der Waals surface area contributed by atoms with Crippen molar-refractivity contribution in [3.63, 3.8) is 0 Å². The standard InChI is InChI=1S/C5H12N2OS/c1-6-5(8)3-2-4-7-9/h7,9H,2-4H2,1H3,(H,6,8). The highest BCUT2D eigenvalue weighted by Gasteiger charge is 1.94. The van der Waals surface area contributed by atoms with Gasteiger partial charge in [0.25, 0.3) is 0 Å². The van der Waals surface area contributed by atoms with Crippen LogP contribution in [0.25, 0.3) is 0 Å². The molecule has 54 valence electrons. The lowest BCUT2D eigenvalue weighted by Gasteiger charge is -1.96. The van der Waals surface area contributed by atoms with Gasteiger partial charge < -0.3 is 5.32 Å². The molecule has 0 unspecified atom stereocenters. The summed E-state index contributed by atoms with van der Waals surface area (Å²) in [4.78, 5) is 10.5. The Morgan fingerprint density at radius 1 is 1.67 bits per heavy atom. The van der Waals surface area contributed by atoms with Gasteiger partial charge in [-0.15, -0.1) is 0 Å². The van der Waals surface area contributed by atoms with Crippen molar-refractivity contribution in [1.29, 1.82) is 0 Å². The average Bonchev–Trinajstić information content (AvgIpc) is 1.89. The number of thiol groups is 1. The zero-order valence-electron chi connectivity index (χ0n) is 5.48. The highest BCUT2D eigenvalue weighted by Crippen LogP contribution is 1.85. The summed E-state index contributed by atoms with van der Waals surface area (Å²) >= 11 is 3.77. The SMILES string of the molecule is CNC(=O)CCCNS. The molecular weight excluding hydrogens is 136 g/mol. The van der Waals surface area contributed by atoms with Crippen LogP contribution in [-0.4, -0.2) is 19.5 Å². The third kappa shape index (κ3) is 5.65. The Labute approximate surface area is 60.8 Å². The molecule has 0 radical (unpaired) electrons. The quantitative estimate of drug-likeness (QED) is 0.386. The minimum atomic E-state index is 0.0820. The number of carbonyl (C=O) groups excluding carboxylic acids is 1. The Morgan fingerprint density at radius 3 is 2.78 bits per heavy atom. The van der Waals surface area contributed by atoms with Crippen molar-refractivity contribution in [3.8, 4) is 0 Å². The summed E-state index contributed by atoms with van der Waals surface area (Å²) in [7, 11) is 1.64. The first kappa shape index (κ1) is 8.78. The van der Waals surface area contributed by atoms with Crippen LogP contribution in [0.1, 0.15) is 12.8 Å². The van der Waals surface area contributed by atoms with E-state index in [2.05, 4.69) is 22.9 Å². The second-order valence-corrected chi connectivity index (χ2v) is 2.00. The lowest BCUT2D eigenvalue weighted by Crippen LogP contribution is -2.18. The van der Waals surface area contributed by atoms with Crippen LogP contribution in [0.15, 0.2) is 0 Å². The fourth-order valence-corrected chi connectivity index (χ4v) is 0.611. The highest BCUT2D eigenvalue weighted by atomic mass is 32.1. The molecule has 0 saturated heterocycles. The molecule has 3 nitrogen and oxygen atoms in total. The van der Waals surface area contributed by atoms with Crippen LogP contribution >= 0.6 is 12.8 Å². The number of amides is 1. The van der Waals surface area contributed by atoms with Gasteiger partial charge in [-0.25, -0.2) is 0 Å². The van der Waals surface area contributed by atoms with Crippen LogP contribution in [0.3, 0.4) is 0 Å². The second kappa shape index (κ2) is 5.91. The van der Waals surface area contributed by atoms with E-state index in [4.69, 9.17) is 0 Å². The van der Waals surface area contributed by atoms with E-state index in [1.165, 1.54) is 0 Å². The maximum atomic E-state index is 10.5. The van der Waals surface area contributed by atoms with Crippen molar-refractivity contribution in [1.82, 2.24) is 10.0 Å². The largest absolute Gasteiger partial charge is 0.359 e. The Morgan fingerprint density at radius 2 is 2.33 bits per heavy atom. The average molecular weight is 148 g/mol. The molecule has 4 heteroatoms. The van der Waals surface area contributed by atoms with E-state index in [1.54, 1.807) is 7.05 Å². The summed E-state index contributed by atoms with van der Waals surface area (Å²) in [5.41, 5.74) is 0. The first-order chi connectivity index (χ1) is 4.31. The zero-order chi connectivity index (χ0) is 7.11. The van der Waals surface area contributed by atoms with Crippen LogP contribution in [0, 0.1) is 0 Å². The molecule has 0 aliphatic carbocycles. The lowest BCUT2D eigenvalue weighted by molar-refractivity contribution is -0.120. The molecule has 0 heterocycles. The summed E-state index contributed by atoms with van der Waals surface area (Å²) in [6, 6.07) is 0. The molecule has 0 fully saturated rings. The van der Waals surface area contributed by atoms with Crippen molar-refractivity contribution < 1.29 is 4.79 Å². The van der Waals surface area contributed by atoms with E-state index in [0.29, 0.717) is 6.42 Å². The third-order valence-electron chi connectivity index (χ3n) is 0.971. The van der Waals surface area contributed by atoms with Crippen LogP contribution in [0.5, 0.6) is 0 Å². The first-order valence-electron chi connectivity index (χ1n) is 2.88. The van der Waals surface area contributed by atoms with E-state index in [0.717, 1.165) is 13.0 Å². The monoisotopic (exact) mass is 148 g/mol. The lowest BCUT2D eigenvalue weighted by atomic mass is 10.3. The molecule has 9 heavy (non-hydrogen) atoms. The van der Waals surface area contributed by atoms with Gasteiger partial charge in [0.2, 0.25) is 5.91 Å². The molecule has 0 bridgehead atoms. The van der Waals surface area contributed by atoms with Gasteiger partial charge in [-0.3, -0.25) is 9.52 Å². The summed E-state index contributed by atoms with van der Waals surface area (Å²) in [5, 5.41) is 2.53. The van der Waals surface area contributed by atoms with E-state index in [1.807, 2.05) is 0 Å². The van der Waals surface area contributed by atoms with Crippen molar-refractivity contribution in [3.05, 3.63) is 0 Å². The highest BCUT2D eigenvalue weighted by molar-refractivity contribution is 7.78. The summed E-state index contributed by atoms with van der Waals surface area (Å²) in [6.45, 7) is 0.774. The topological polar surface area (TPSA) is 41.1 Å². The summed E-state index contributed by atoms with van der Waals surface area (Å²) < 4.78 is 2.66. The van der Waals surface area contributed by atoms with Crippen molar-refractivity contribution in [2.24, 2.45) is 0 Å². The molecule has 0 spiro atoms. The van der Waals surface area contributed by atoms with Gasteiger partial charge in [0.15, 0.2) is 0 Å². The predicted molar refractivity (Wildman–Crippen MR) is 40.3 cm³/mol. The fourth-order valence-electron chi connectivity index (χ4n) is 0.453. The van der Waals surface area contributed by atoms with Gasteiger partial charge in [-0.2, -0.15) is 0 Å².